The van der Waals surface area contributed by atoms with Crippen LogP contribution in [0.1, 0.15) is 208 Å². The number of likely N-dealkylation sites (tertiary alicyclic amines) is 1. The van der Waals surface area contributed by atoms with E-state index in [1.54, 1.807) is 11.8 Å². The molecule has 12 amide bonds. The highest BCUT2D eigenvalue weighted by molar-refractivity contribution is 6.21. The Bertz CT molecular complexity index is 3030. The normalized spacial score (nSPS) is 28.8. The minimum Gasteiger partial charge on any atom is -0.388 e. The molecule has 26 nitrogen and oxygen atoms in total. The number of hydrogen-bond donors (Lipinski definition) is 4. The fourth-order valence-electron chi connectivity index (χ4n) is 16.5. The lowest BCUT2D eigenvalue weighted by Gasteiger charge is -2.43. The van der Waals surface area contributed by atoms with Crippen molar-refractivity contribution in [3.63, 3.8) is 0 Å². The molecule has 106 heavy (non-hydrogen) atoms. The Balaban J connectivity index is 1.47. The van der Waals surface area contributed by atoms with Gasteiger partial charge in [-0.2, -0.15) is 13.2 Å². The van der Waals surface area contributed by atoms with Crippen LogP contribution in [0.25, 0.3) is 0 Å². The summed E-state index contributed by atoms with van der Waals surface area (Å²) in [7, 11) is 11.2. The van der Waals surface area contributed by atoms with Crippen LogP contribution in [0, 0.1) is 35.5 Å². The summed E-state index contributed by atoms with van der Waals surface area (Å²) in [6, 6.07) is -9.33. The van der Waals surface area contributed by atoms with Crippen molar-refractivity contribution in [3.8, 4) is 0 Å². The molecular weight excluding hydrogens is 1400 g/mol. The molecule has 6 fully saturated rings. The number of carbonyl (C=O) groups is 12. The quantitative estimate of drug-likeness (QED) is 0.135. The molecule has 0 aromatic heterocycles. The predicted octanol–water partition coefficient (Wildman–Crippen LogP) is 6.11. The monoisotopic (exact) mass is 1520 g/mol. The summed E-state index contributed by atoms with van der Waals surface area (Å²) in [5.41, 5.74) is -3.15. The number of piperidine rings is 1. The van der Waals surface area contributed by atoms with Crippen LogP contribution in [0.4, 0.5) is 13.2 Å². The highest BCUT2D eigenvalue weighted by Gasteiger charge is 2.52. The van der Waals surface area contributed by atoms with E-state index in [0.29, 0.717) is 70.9 Å². The standard InChI is InChI=1S/C76H126ClF3N12O14/c1-15-49(4)64-71(102)86(9)44-62(95)84(7)45-63(96)88(11)57(41-50-27-19-16-20-28-50)69(100)85(8)43-60(93)81-55(34-32-51-31-33-53(54(77)40-51)76(78,79)80)68(99)90(13)59(46-106-47-74(5,6)105)67(98)83-75(35-23-24-36-75)73(104)91(14)65(52-29-21-17-22-30-52)72(103)89(12)58(70(101)92-37-25-18-26-38-92)42-61(94)87(10)56(39-48(2)3)66(97)82-64/h48-59,64-65,105H,15-47H2,1-14H3,(H,81,93)(H,82,97)(H,83,98)/t49-,51?,53?,54?,55-,56-,57-,58-,59-,64-,65-/m0/s1. The van der Waals surface area contributed by atoms with Gasteiger partial charge < -0.3 is 69.9 Å². The number of ether oxygens (including phenoxy) is 1. The third kappa shape index (κ3) is 24.1. The number of rotatable bonds is 15. The number of hydrogen-bond acceptors (Lipinski definition) is 14. The minimum atomic E-state index is -4.55. The Morgan fingerprint density at radius 3 is 1.75 bits per heavy atom. The van der Waals surface area contributed by atoms with E-state index in [2.05, 4.69) is 16.0 Å². The molecular formula is C76H126ClF3N12O14. The van der Waals surface area contributed by atoms with Gasteiger partial charge in [0, 0.05) is 74.8 Å². The molecule has 6 aliphatic rings. The van der Waals surface area contributed by atoms with Gasteiger partial charge in [-0.15, -0.1) is 11.6 Å². The van der Waals surface area contributed by atoms with Gasteiger partial charge in [0.2, 0.25) is 70.9 Å². The van der Waals surface area contributed by atoms with Crippen molar-refractivity contribution in [3.05, 3.63) is 0 Å². The molecule has 11 atom stereocenters. The Morgan fingerprint density at radius 2 is 1.18 bits per heavy atom. The fraction of sp³-hybridized carbons (Fsp3) is 0.842. The zero-order chi connectivity index (χ0) is 78.9. The number of aliphatic hydroxyl groups is 1. The van der Waals surface area contributed by atoms with Crippen LogP contribution >= 0.6 is 11.6 Å². The van der Waals surface area contributed by atoms with Crippen LogP contribution in [0.2, 0.25) is 0 Å². The molecule has 2 aliphatic heterocycles. The molecule has 0 aromatic rings. The van der Waals surface area contributed by atoms with Gasteiger partial charge >= 0.3 is 6.18 Å². The summed E-state index contributed by atoms with van der Waals surface area (Å²) in [5, 5.41) is 18.3. The van der Waals surface area contributed by atoms with E-state index in [0.717, 1.165) is 64.5 Å². The number of likely N-dealkylation sites (N-methyl/N-ethyl adjacent to an activating group) is 8. The van der Waals surface area contributed by atoms with E-state index in [4.69, 9.17) is 16.3 Å². The third-order valence-electron chi connectivity index (χ3n) is 23.5. The van der Waals surface area contributed by atoms with Gasteiger partial charge in [-0.05, 0) is 133 Å². The number of carbonyl (C=O) groups excluding carboxylic acids is 12. The fourth-order valence-corrected chi connectivity index (χ4v) is 17.0. The second-order valence-corrected chi connectivity index (χ2v) is 33.4. The number of halogens is 4. The van der Waals surface area contributed by atoms with Crippen LogP contribution in [0.15, 0.2) is 0 Å². The van der Waals surface area contributed by atoms with Crippen LogP contribution in [0.5, 0.6) is 0 Å². The van der Waals surface area contributed by atoms with E-state index in [1.165, 1.54) is 89.8 Å². The van der Waals surface area contributed by atoms with Gasteiger partial charge in [-0.1, -0.05) is 98.3 Å². The van der Waals surface area contributed by atoms with Gasteiger partial charge in [0.1, 0.15) is 47.8 Å². The summed E-state index contributed by atoms with van der Waals surface area (Å²) in [5.74, 6) is -11.6. The van der Waals surface area contributed by atoms with E-state index < -0.39 is 192 Å². The molecule has 4 aliphatic carbocycles. The van der Waals surface area contributed by atoms with Crippen molar-refractivity contribution in [1.82, 2.24) is 60.0 Å². The third-order valence-corrected chi connectivity index (χ3v) is 23.9. The van der Waals surface area contributed by atoms with Gasteiger partial charge in [0.05, 0.1) is 50.8 Å². The molecule has 2 heterocycles. The molecule has 4 N–H and O–H groups in total. The van der Waals surface area contributed by atoms with Crippen LogP contribution < -0.4 is 16.0 Å². The number of nitrogens with one attached hydrogen (secondary N) is 3. The van der Waals surface area contributed by atoms with E-state index >= 15 is 28.8 Å². The molecule has 1 spiro atoms. The molecule has 602 valence electrons. The molecule has 30 heteroatoms. The average molecular weight is 1520 g/mol. The maximum atomic E-state index is 15.9. The Kier molecular flexibility index (Phi) is 33.3. The van der Waals surface area contributed by atoms with Crippen LogP contribution in [-0.2, 0) is 62.3 Å². The average Bonchev–Trinajstić information content (AvgIpc) is 1.23. The zero-order valence-electron chi connectivity index (χ0n) is 65.7. The van der Waals surface area contributed by atoms with Gasteiger partial charge in [0.25, 0.3) is 0 Å². The predicted molar refractivity (Wildman–Crippen MR) is 394 cm³/mol. The van der Waals surface area contributed by atoms with E-state index in [-0.39, 0.29) is 76.2 Å². The summed E-state index contributed by atoms with van der Waals surface area (Å²) in [6.07, 6.45) is 6.15. The minimum absolute atomic E-state index is 0.000894. The highest BCUT2D eigenvalue weighted by Crippen LogP contribution is 2.44. The molecule has 0 aromatic carbocycles. The van der Waals surface area contributed by atoms with Gasteiger partial charge in [-0.25, -0.2) is 0 Å². The number of alkyl halides is 4. The number of amides is 12. The lowest BCUT2D eigenvalue weighted by atomic mass is 9.78. The summed E-state index contributed by atoms with van der Waals surface area (Å²) in [4.78, 5) is 192. The molecule has 6 rings (SSSR count). The molecule has 3 unspecified atom stereocenters. The van der Waals surface area contributed by atoms with Crippen molar-refractivity contribution < 1.29 is 80.5 Å². The lowest BCUT2D eigenvalue weighted by Crippen LogP contribution is -2.66. The van der Waals surface area contributed by atoms with Crippen molar-refractivity contribution in [2.24, 2.45) is 35.5 Å². The number of nitrogens with zero attached hydrogens (tertiary/aromatic N) is 9. The van der Waals surface area contributed by atoms with Crippen molar-refractivity contribution in [1.29, 1.82) is 0 Å². The van der Waals surface area contributed by atoms with Gasteiger partial charge in [0.15, 0.2) is 0 Å². The second kappa shape index (κ2) is 39.8. The van der Waals surface area contributed by atoms with E-state index in [1.807, 2.05) is 20.8 Å². The molecule has 0 radical (unpaired) electrons. The van der Waals surface area contributed by atoms with Crippen LogP contribution in [-0.4, -0.2) is 287 Å². The van der Waals surface area contributed by atoms with Crippen molar-refractivity contribution in [2.45, 2.75) is 273 Å². The lowest BCUT2D eigenvalue weighted by molar-refractivity contribution is -0.182. The Hall–Kier alpha value is -6.36. The molecule has 0 bridgehead atoms. The largest absolute Gasteiger partial charge is 0.393 e. The first-order valence-corrected chi connectivity index (χ1v) is 39.4. The first kappa shape index (κ1) is 88.5. The maximum absolute atomic E-state index is 15.9. The summed E-state index contributed by atoms with van der Waals surface area (Å²) < 4.78 is 48.3. The first-order valence-electron chi connectivity index (χ1n) is 39.0. The second-order valence-electron chi connectivity index (χ2n) is 32.8. The van der Waals surface area contributed by atoms with Gasteiger partial charge in [-0.3, -0.25) is 57.5 Å². The van der Waals surface area contributed by atoms with Crippen LogP contribution in [0.3, 0.4) is 0 Å². The highest BCUT2D eigenvalue weighted by atomic mass is 35.5. The topological polar surface area (TPSA) is 300 Å². The summed E-state index contributed by atoms with van der Waals surface area (Å²) >= 11 is 6.43. The Labute approximate surface area is 631 Å². The van der Waals surface area contributed by atoms with Crippen molar-refractivity contribution >= 4 is 82.5 Å². The smallest absolute Gasteiger partial charge is 0.388 e. The Morgan fingerprint density at radius 1 is 0.604 bits per heavy atom. The molecule has 2 saturated heterocycles. The first-order chi connectivity index (χ1) is 49.7. The zero-order valence-corrected chi connectivity index (χ0v) is 66.5. The molecule has 4 saturated carbocycles. The van der Waals surface area contributed by atoms with Crippen molar-refractivity contribution in [2.75, 3.05) is 102 Å². The maximum Gasteiger partial charge on any atom is 0.393 e. The summed E-state index contributed by atoms with van der Waals surface area (Å²) in [6.45, 7) is 8.35. The SMILES string of the molecule is CC[C@H](C)[C@@H]1NC(=O)[C@H](CC(C)C)N(C)C(=O)C[C@@H](C(=O)N2CCCCC2)N(C)C(=O)[C@H](C2CCCCC2)N(C)C(=O)C2(CCCC2)NC(=O)[C@H](COCC(C)(C)O)N(C)C(=O)[C@H](CCC2CCC(C(F)(F)F)C(Cl)C2)NC(=O)CN(C)C(=O)[C@H](CC2CCCCC2)N(C)C(=O)CN(C)C(=O)CN(C)C1=O. The van der Waals surface area contributed by atoms with E-state index in [9.17, 15) is 47.0 Å².